The van der Waals surface area contributed by atoms with Gasteiger partial charge in [-0.2, -0.15) is 0 Å². The second-order valence-electron chi connectivity index (χ2n) is 6.22. The Morgan fingerprint density at radius 1 is 1.32 bits per heavy atom. The van der Waals surface area contributed by atoms with E-state index in [0.717, 1.165) is 6.42 Å². The molecule has 0 aliphatic rings. The molecule has 0 aliphatic carbocycles. The Morgan fingerprint density at radius 2 is 1.95 bits per heavy atom. The summed E-state index contributed by atoms with van der Waals surface area (Å²) in [6, 6.07) is -0.728. The predicted molar refractivity (Wildman–Crippen MR) is 84.6 cm³/mol. The first-order valence-corrected chi connectivity index (χ1v) is 7.45. The molecule has 0 rings (SSSR count). The fourth-order valence-corrected chi connectivity index (χ4v) is 1.78. The van der Waals surface area contributed by atoms with Crippen molar-refractivity contribution < 1.29 is 23.8 Å². The SMILES string of the molecule is C=CCOCC[C@@H](C)C[C@H](NC(=O)OC(C)(C)C)C(=O)OC. The predicted octanol–water partition coefficient (Wildman–Crippen LogP) is 2.67. The molecule has 0 aliphatic heterocycles. The first kappa shape index (κ1) is 20.4. The van der Waals surface area contributed by atoms with E-state index in [0.29, 0.717) is 19.6 Å². The number of nitrogens with one attached hydrogen (secondary N) is 1. The highest BCUT2D eigenvalue weighted by atomic mass is 16.6. The maximum absolute atomic E-state index is 11.8. The summed E-state index contributed by atoms with van der Waals surface area (Å²) in [6.07, 6.45) is 2.30. The summed E-state index contributed by atoms with van der Waals surface area (Å²) in [5, 5.41) is 2.56. The summed E-state index contributed by atoms with van der Waals surface area (Å²) in [4.78, 5) is 23.6. The summed E-state index contributed by atoms with van der Waals surface area (Å²) in [5.74, 6) is -0.298. The summed E-state index contributed by atoms with van der Waals surface area (Å²) < 4.78 is 15.2. The van der Waals surface area contributed by atoms with Crippen LogP contribution in [0.2, 0.25) is 0 Å². The maximum Gasteiger partial charge on any atom is 0.408 e. The van der Waals surface area contributed by atoms with E-state index in [2.05, 4.69) is 11.9 Å². The molecule has 0 saturated heterocycles. The molecule has 0 bridgehead atoms. The van der Waals surface area contributed by atoms with Gasteiger partial charge in [0, 0.05) is 6.61 Å². The summed E-state index contributed by atoms with van der Waals surface area (Å²) >= 11 is 0. The lowest BCUT2D eigenvalue weighted by Crippen LogP contribution is -2.44. The number of amides is 1. The standard InChI is InChI=1S/C16H29NO5/c1-7-9-21-10-8-12(2)11-13(14(18)20-6)17-15(19)22-16(3,4)5/h7,12-13H,1,8-11H2,2-6H3,(H,17,19)/t12-,13+/m1/s1. The van der Waals surface area contributed by atoms with Gasteiger partial charge in [-0.05, 0) is 39.5 Å². The molecule has 1 N–H and O–H groups in total. The van der Waals surface area contributed by atoms with Gasteiger partial charge < -0.3 is 19.5 Å². The molecular formula is C16H29NO5. The third-order valence-electron chi connectivity index (χ3n) is 2.81. The van der Waals surface area contributed by atoms with Crippen molar-refractivity contribution in [3.05, 3.63) is 12.7 Å². The smallest absolute Gasteiger partial charge is 0.408 e. The van der Waals surface area contributed by atoms with Gasteiger partial charge in [-0.15, -0.1) is 6.58 Å². The zero-order chi connectivity index (χ0) is 17.2. The molecular weight excluding hydrogens is 286 g/mol. The molecule has 0 radical (unpaired) electrons. The van der Waals surface area contributed by atoms with E-state index in [1.54, 1.807) is 26.8 Å². The largest absolute Gasteiger partial charge is 0.467 e. The normalized spacial score (nSPS) is 13.9. The Kier molecular flexibility index (Phi) is 9.49. The molecule has 2 atom stereocenters. The van der Waals surface area contributed by atoms with Crippen LogP contribution in [0.25, 0.3) is 0 Å². The number of ether oxygens (including phenoxy) is 3. The van der Waals surface area contributed by atoms with Crippen molar-refractivity contribution >= 4 is 12.1 Å². The van der Waals surface area contributed by atoms with E-state index in [-0.39, 0.29) is 5.92 Å². The molecule has 0 aromatic carbocycles. The van der Waals surface area contributed by atoms with E-state index in [9.17, 15) is 9.59 Å². The molecule has 0 unspecified atom stereocenters. The molecule has 0 aromatic heterocycles. The number of methoxy groups -OCH3 is 1. The van der Waals surface area contributed by atoms with Gasteiger partial charge in [0.05, 0.1) is 13.7 Å². The van der Waals surface area contributed by atoms with Gasteiger partial charge in [0.1, 0.15) is 11.6 Å². The number of hydrogen-bond acceptors (Lipinski definition) is 5. The molecule has 0 saturated carbocycles. The van der Waals surface area contributed by atoms with Crippen LogP contribution in [0.5, 0.6) is 0 Å². The number of hydrogen-bond donors (Lipinski definition) is 1. The average Bonchev–Trinajstić information content (AvgIpc) is 2.40. The van der Waals surface area contributed by atoms with Crippen LogP contribution in [-0.4, -0.2) is 44.0 Å². The number of carbonyl (C=O) groups is 2. The minimum atomic E-state index is -0.728. The quantitative estimate of drug-likeness (QED) is 0.402. The van der Waals surface area contributed by atoms with Crippen LogP contribution < -0.4 is 5.32 Å². The lowest BCUT2D eigenvalue weighted by atomic mass is 9.99. The Balaban J connectivity index is 4.42. The monoisotopic (exact) mass is 315 g/mol. The van der Waals surface area contributed by atoms with Crippen LogP contribution in [0.1, 0.15) is 40.5 Å². The molecule has 1 amide bonds. The van der Waals surface area contributed by atoms with Crippen molar-refractivity contribution in [1.29, 1.82) is 0 Å². The highest BCUT2D eigenvalue weighted by molar-refractivity contribution is 5.81. The van der Waals surface area contributed by atoms with Crippen molar-refractivity contribution in [1.82, 2.24) is 5.32 Å². The van der Waals surface area contributed by atoms with Gasteiger partial charge >= 0.3 is 12.1 Å². The van der Waals surface area contributed by atoms with Crippen LogP contribution in [0.15, 0.2) is 12.7 Å². The lowest BCUT2D eigenvalue weighted by molar-refractivity contribution is -0.143. The molecule has 0 spiro atoms. The number of alkyl carbamates (subject to hydrolysis) is 1. The second kappa shape index (κ2) is 10.2. The van der Waals surface area contributed by atoms with Crippen LogP contribution in [0.3, 0.4) is 0 Å². The van der Waals surface area contributed by atoms with Crippen molar-refractivity contribution in [2.24, 2.45) is 5.92 Å². The summed E-state index contributed by atoms with van der Waals surface area (Å²) in [6.45, 7) is 11.9. The Labute approximate surface area is 133 Å². The summed E-state index contributed by atoms with van der Waals surface area (Å²) in [5.41, 5.74) is -0.616. The fraction of sp³-hybridized carbons (Fsp3) is 0.750. The van der Waals surface area contributed by atoms with E-state index >= 15 is 0 Å². The first-order valence-electron chi connectivity index (χ1n) is 7.45. The number of esters is 1. The van der Waals surface area contributed by atoms with Crippen LogP contribution in [-0.2, 0) is 19.0 Å². The van der Waals surface area contributed by atoms with Gasteiger partial charge in [-0.25, -0.2) is 9.59 Å². The maximum atomic E-state index is 11.8. The van der Waals surface area contributed by atoms with Gasteiger partial charge in [0.2, 0.25) is 0 Å². The Hall–Kier alpha value is -1.56. The van der Waals surface area contributed by atoms with Gasteiger partial charge in [0.25, 0.3) is 0 Å². The van der Waals surface area contributed by atoms with E-state index in [1.165, 1.54) is 7.11 Å². The molecule has 6 nitrogen and oxygen atoms in total. The van der Waals surface area contributed by atoms with Gasteiger partial charge in [0.15, 0.2) is 0 Å². The van der Waals surface area contributed by atoms with E-state index in [1.807, 2.05) is 6.92 Å². The minimum Gasteiger partial charge on any atom is -0.467 e. The van der Waals surface area contributed by atoms with Crippen LogP contribution in [0, 0.1) is 5.92 Å². The minimum absolute atomic E-state index is 0.184. The molecule has 0 heterocycles. The highest BCUT2D eigenvalue weighted by Crippen LogP contribution is 2.13. The van der Waals surface area contributed by atoms with Crippen molar-refractivity contribution in [3.8, 4) is 0 Å². The average molecular weight is 315 g/mol. The van der Waals surface area contributed by atoms with Crippen molar-refractivity contribution in [3.63, 3.8) is 0 Å². The molecule has 22 heavy (non-hydrogen) atoms. The highest BCUT2D eigenvalue weighted by Gasteiger charge is 2.26. The van der Waals surface area contributed by atoms with Crippen LogP contribution in [0.4, 0.5) is 4.79 Å². The molecule has 6 heteroatoms. The van der Waals surface area contributed by atoms with E-state index in [4.69, 9.17) is 14.2 Å². The van der Waals surface area contributed by atoms with Crippen molar-refractivity contribution in [2.75, 3.05) is 20.3 Å². The van der Waals surface area contributed by atoms with E-state index < -0.39 is 23.7 Å². The molecule has 0 fully saturated rings. The third kappa shape index (κ3) is 10.2. The summed E-state index contributed by atoms with van der Waals surface area (Å²) in [7, 11) is 1.30. The van der Waals surface area contributed by atoms with Crippen LogP contribution >= 0.6 is 0 Å². The Morgan fingerprint density at radius 3 is 2.45 bits per heavy atom. The lowest BCUT2D eigenvalue weighted by Gasteiger charge is -2.24. The zero-order valence-electron chi connectivity index (χ0n) is 14.3. The fourth-order valence-electron chi connectivity index (χ4n) is 1.78. The Bertz CT molecular complexity index is 362. The topological polar surface area (TPSA) is 73.9 Å². The van der Waals surface area contributed by atoms with Gasteiger partial charge in [-0.1, -0.05) is 13.0 Å². The zero-order valence-corrected chi connectivity index (χ0v) is 14.3. The first-order chi connectivity index (χ1) is 10.2. The third-order valence-corrected chi connectivity index (χ3v) is 2.81. The molecule has 0 aromatic rings. The number of carbonyl (C=O) groups excluding carboxylic acids is 2. The molecule has 128 valence electrons. The number of rotatable bonds is 9. The van der Waals surface area contributed by atoms with Gasteiger partial charge in [-0.3, -0.25) is 0 Å². The van der Waals surface area contributed by atoms with Crippen molar-refractivity contribution in [2.45, 2.75) is 52.2 Å². The second-order valence-corrected chi connectivity index (χ2v) is 6.22.